The summed E-state index contributed by atoms with van der Waals surface area (Å²) in [6.45, 7) is 0. The van der Waals surface area contributed by atoms with Gasteiger partial charge in [0.1, 0.15) is 5.82 Å². The summed E-state index contributed by atoms with van der Waals surface area (Å²) in [6.07, 6.45) is 1.62. The molecule has 0 saturated carbocycles. The number of phenols is 1. The standard InChI is InChI=1S/C17H12FNO3S2/c1-22-14-6-5-10(7-13(14)20)8-15-16(21)19(17(23)24-15)12-4-2-3-11(18)9-12/h2-9,20H,1H3/b15-8+. The third kappa shape index (κ3) is 3.13. The number of hydrogen-bond donors (Lipinski definition) is 1. The fraction of sp³-hybridized carbons (Fsp3) is 0.0588. The van der Waals surface area contributed by atoms with Gasteiger partial charge in [0.25, 0.3) is 5.91 Å². The Morgan fingerprint density at radius 1 is 1.29 bits per heavy atom. The number of amides is 1. The summed E-state index contributed by atoms with van der Waals surface area (Å²) in [4.78, 5) is 14.3. The van der Waals surface area contributed by atoms with E-state index in [1.54, 1.807) is 24.3 Å². The number of ether oxygens (including phenoxy) is 1. The first kappa shape index (κ1) is 16.5. The van der Waals surface area contributed by atoms with Crippen molar-refractivity contribution in [1.82, 2.24) is 0 Å². The molecule has 122 valence electrons. The average molecular weight is 361 g/mol. The van der Waals surface area contributed by atoms with Crippen LogP contribution in [0.2, 0.25) is 0 Å². The first-order chi connectivity index (χ1) is 11.5. The number of methoxy groups -OCH3 is 1. The highest BCUT2D eigenvalue weighted by atomic mass is 32.2. The summed E-state index contributed by atoms with van der Waals surface area (Å²) >= 11 is 6.36. The highest BCUT2D eigenvalue weighted by molar-refractivity contribution is 8.27. The molecule has 7 heteroatoms. The molecule has 2 aromatic carbocycles. The van der Waals surface area contributed by atoms with Crippen molar-refractivity contribution in [2.45, 2.75) is 0 Å². The van der Waals surface area contributed by atoms with Crippen LogP contribution in [0.4, 0.5) is 10.1 Å². The molecule has 0 spiro atoms. The lowest BCUT2D eigenvalue weighted by molar-refractivity contribution is -0.113. The summed E-state index contributed by atoms with van der Waals surface area (Å²) in [7, 11) is 1.46. The van der Waals surface area contributed by atoms with E-state index < -0.39 is 5.82 Å². The van der Waals surface area contributed by atoms with Crippen LogP contribution in [0.15, 0.2) is 47.4 Å². The number of anilines is 1. The van der Waals surface area contributed by atoms with E-state index in [0.29, 0.717) is 26.2 Å². The molecule has 1 heterocycles. The molecule has 0 bridgehead atoms. The molecule has 1 aliphatic rings. The molecule has 1 fully saturated rings. The largest absolute Gasteiger partial charge is 0.504 e. The number of carbonyl (C=O) groups excluding carboxylic acids is 1. The molecule has 0 aliphatic carbocycles. The van der Waals surface area contributed by atoms with Crippen molar-refractivity contribution in [3.63, 3.8) is 0 Å². The SMILES string of the molecule is COc1ccc(/C=C2/SC(=S)N(c3cccc(F)c3)C2=O)cc1O. The van der Waals surface area contributed by atoms with Crippen molar-refractivity contribution in [2.24, 2.45) is 0 Å². The molecule has 1 aliphatic heterocycles. The Balaban J connectivity index is 1.92. The summed E-state index contributed by atoms with van der Waals surface area (Å²) < 4.78 is 18.7. The molecule has 0 atom stereocenters. The van der Waals surface area contributed by atoms with Crippen LogP contribution in [0.3, 0.4) is 0 Å². The van der Waals surface area contributed by atoms with Crippen molar-refractivity contribution >= 4 is 46.0 Å². The zero-order valence-electron chi connectivity index (χ0n) is 12.5. The van der Waals surface area contributed by atoms with Crippen LogP contribution in [0, 0.1) is 5.82 Å². The van der Waals surface area contributed by atoms with Gasteiger partial charge in [-0.05, 0) is 42.0 Å². The minimum Gasteiger partial charge on any atom is -0.504 e. The molecule has 1 amide bonds. The van der Waals surface area contributed by atoms with Gasteiger partial charge in [0.15, 0.2) is 15.8 Å². The van der Waals surface area contributed by atoms with Crippen molar-refractivity contribution in [1.29, 1.82) is 0 Å². The minimum atomic E-state index is -0.439. The maximum Gasteiger partial charge on any atom is 0.270 e. The van der Waals surface area contributed by atoms with Gasteiger partial charge in [0.2, 0.25) is 0 Å². The third-order valence-electron chi connectivity index (χ3n) is 3.36. The minimum absolute atomic E-state index is 0.0214. The van der Waals surface area contributed by atoms with Crippen molar-refractivity contribution in [2.75, 3.05) is 12.0 Å². The van der Waals surface area contributed by atoms with Gasteiger partial charge in [-0.15, -0.1) is 0 Å². The number of halogens is 1. The second kappa shape index (κ2) is 6.62. The quantitative estimate of drug-likeness (QED) is 0.663. The maximum atomic E-state index is 13.4. The van der Waals surface area contributed by atoms with Crippen LogP contribution < -0.4 is 9.64 Å². The van der Waals surface area contributed by atoms with E-state index in [1.807, 2.05) is 0 Å². The van der Waals surface area contributed by atoms with Gasteiger partial charge in [0.05, 0.1) is 17.7 Å². The molecule has 2 aromatic rings. The number of nitrogens with zero attached hydrogens (tertiary/aromatic N) is 1. The molecule has 24 heavy (non-hydrogen) atoms. The van der Waals surface area contributed by atoms with E-state index in [2.05, 4.69) is 0 Å². The smallest absolute Gasteiger partial charge is 0.270 e. The number of carbonyl (C=O) groups is 1. The van der Waals surface area contributed by atoms with Crippen molar-refractivity contribution in [3.8, 4) is 11.5 Å². The third-order valence-corrected chi connectivity index (χ3v) is 4.66. The Morgan fingerprint density at radius 3 is 2.75 bits per heavy atom. The number of thioether (sulfide) groups is 1. The van der Waals surface area contributed by atoms with Gasteiger partial charge in [-0.25, -0.2) is 4.39 Å². The highest BCUT2D eigenvalue weighted by Gasteiger charge is 2.33. The Kier molecular flexibility index (Phi) is 4.55. The lowest BCUT2D eigenvalue weighted by Gasteiger charge is -2.14. The normalized spacial score (nSPS) is 16.1. The molecule has 0 aromatic heterocycles. The van der Waals surface area contributed by atoms with Gasteiger partial charge in [0, 0.05) is 0 Å². The second-order valence-electron chi connectivity index (χ2n) is 4.93. The number of hydrogen-bond acceptors (Lipinski definition) is 5. The molecular formula is C17H12FNO3S2. The molecule has 4 nitrogen and oxygen atoms in total. The van der Waals surface area contributed by atoms with E-state index >= 15 is 0 Å². The van der Waals surface area contributed by atoms with Gasteiger partial charge in [-0.1, -0.05) is 36.1 Å². The highest BCUT2D eigenvalue weighted by Crippen LogP contribution is 2.37. The van der Waals surface area contributed by atoms with Crippen molar-refractivity contribution < 1.29 is 19.0 Å². The molecule has 0 radical (unpaired) electrons. The zero-order chi connectivity index (χ0) is 17.3. The van der Waals surface area contributed by atoms with E-state index in [0.717, 1.165) is 11.8 Å². The van der Waals surface area contributed by atoms with Gasteiger partial charge in [-0.2, -0.15) is 0 Å². The predicted octanol–water partition coefficient (Wildman–Crippen LogP) is 3.95. The Morgan fingerprint density at radius 2 is 2.08 bits per heavy atom. The molecule has 0 unspecified atom stereocenters. The van der Waals surface area contributed by atoms with Gasteiger partial charge >= 0.3 is 0 Å². The summed E-state index contributed by atoms with van der Waals surface area (Å²) in [5, 5.41) is 9.82. The van der Waals surface area contributed by atoms with E-state index in [4.69, 9.17) is 17.0 Å². The fourth-order valence-corrected chi connectivity index (χ4v) is 3.55. The van der Waals surface area contributed by atoms with Crippen LogP contribution >= 0.6 is 24.0 Å². The van der Waals surface area contributed by atoms with Gasteiger partial charge < -0.3 is 9.84 Å². The number of phenolic OH excluding ortho intramolecular Hbond substituents is 1. The Labute approximate surface area is 147 Å². The average Bonchev–Trinajstić information content (AvgIpc) is 2.81. The van der Waals surface area contributed by atoms with Gasteiger partial charge in [-0.3, -0.25) is 9.69 Å². The Bertz CT molecular complexity index is 867. The van der Waals surface area contributed by atoms with Crippen LogP contribution in [-0.2, 0) is 4.79 Å². The maximum absolute atomic E-state index is 13.4. The summed E-state index contributed by atoms with van der Waals surface area (Å²) in [5.41, 5.74) is 1.02. The van der Waals surface area contributed by atoms with Crippen LogP contribution in [0.5, 0.6) is 11.5 Å². The topological polar surface area (TPSA) is 49.8 Å². The summed E-state index contributed by atoms with van der Waals surface area (Å²) in [6, 6.07) is 10.5. The lowest BCUT2D eigenvalue weighted by atomic mass is 10.2. The monoisotopic (exact) mass is 361 g/mol. The number of aromatic hydroxyl groups is 1. The molecule has 3 rings (SSSR count). The van der Waals surface area contributed by atoms with E-state index in [1.165, 1.54) is 36.3 Å². The predicted molar refractivity (Wildman–Crippen MR) is 96.7 cm³/mol. The number of thiocarbonyl (C=S) groups is 1. The van der Waals surface area contributed by atoms with Crippen LogP contribution in [0.1, 0.15) is 5.56 Å². The van der Waals surface area contributed by atoms with Crippen molar-refractivity contribution in [3.05, 3.63) is 58.8 Å². The lowest BCUT2D eigenvalue weighted by Crippen LogP contribution is -2.27. The molecule has 1 N–H and O–H groups in total. The van der Waals surface area contributed by atoms with E-state index in [-0.39, 0.29) is 11.7 Å². The van der Waals surface area contributed by atoms with Crippen LogP contribution in [-0.4, -0.2) is 22.4 Å². The first-order valence-electron chi connectivity index (χ1n) is 6.90. The second-order valence-corrected chi connectivity index (χ2v) is 6.60. The number of benzene rings is 2. The first-order valence-corrected chi connectivity index (χ1v) is 8.12. The molecule has 1 saturated heterocycles. The summed E-state index contributed by atoms with van der Waals surface area (Å²) in [5.74, 6) is -0.442. The molecular weight excluding hydrogens is 349 g/mol. The zero-order valence-corrected chi connectivity index (χ0v) is 14.2. The fourth-order valence-electron chi connectivity index (χ4n) is 2.25. The van der Waals surface area contributed by atoms with Crippen LogP contribution in [0.25, 0.3) is 6.08 Å². The van der Waals surface area contributed by atoms with E-state index in [9.17, 15) is 14.3 Å². The Hall–Kier alpha value is -2.38. The number of rotatable bonds is 3.